The van der Waals surface area contributed by atoms with Gasteiger partial charge in [-0.05, 0) is 68.3 Å². The minimum Gasteiger partial charge on any atom is -0.481 e. The fourth-order valence-electron chi connectivity index (χ4n) is 4.59. The number of carbonyl (C=O) groups excluding carboxylic acids is 1. The van der Waals surface area contributed by atoms with E-state index < -0.39 is 12.1 Å². The summed E-state index contributed by atoms with van der Waals surface area (Å²) < 4.78 is 7.35. The lowest BCUT2D eigenvalue weighted by molar-refractivity contribution is -0.143. The average Bonchev–Trinajstić information content (AvgIpc) is 3.62. The highest BCUT2D eigenvalue weighted by atomic mass is 16.5. The van der Waals surface area contributed by atoms with Crippen molar-refractivity contribution in [3.05, 3.63) is 95.2 Å². The summed E-state index contributed by atoms with van der Waals surface area (Å²) in [6.07, 6.45) is 3.73. The Kier molecular flexibility index (Phi) is 7.57. The molecule has 2 aromatic heterocycles. The average molecular weight is 525 g/mol. The molecule has 0 bridgehead atoms. The number of aliphatic hydroxyl groups excluding tert-OH is 1. The van der Waals surface area contributed by atoms with Gasteiger partial charge >= 0.3 is 5.97 Å². The summed E-state index contributed by atoms with van der Waals surface area (Å²) in [4.78, 5) is 29.8. The molecule has 1 aliphatic rings. The van der Waals surface area contributed by atoms with Gasteiger partial charge < -0.3 is 24.2 Å². The molecule has 1 aliphatic heterocycles. The van der Waals surface area contributed by atoms with Crippen LogP contribution in [0.1, 0.15) is 58.9 Å². The smallest absolute Gasteiger partial charge is 0.306 e. The maximum Gasteiger partial charge on any atom is 0.306 e. The molecule has 2 N–H and O–H groups in total. The van der Waals surface area contributed by atoms with Crippen LogP contribution in [0.4, 0.5) is 0 Å². The van der Waals surface area contributed by atoms with Crippen molar-refractivity contribution in [1.29, 1.82) is 0 Å². The zero-order chi connectivity index (χ0) is 27.4. The predicted octanol–water partition coefficient (Wildman–Crippen LogP) is 3.98. The molecule has 0 aliphatic carbocycles. The van der Waals surface area contributed by atoms with Crippen molar-refractivity contribution < 1.29 is 24.3 Å². The molecule has 1 fully saturated rings. The molecule has 4 aromatic rings. The lowest BCUT2D eigenvalue weighted by atomic mass is 9.96. The minimum atomic E-state index is -0.791. The van der Waals surface area contributed by atoms with Crippen LogP contribution in [0.15, 0.2) is 71.5 Å². The Bertz CT molecular complexity index is 1520. The summed E-state index contributed by atoms with van der Waals surface area (Å²) in [5, 5.41) is 23.1. The third-order valence-electron chi connectivity index (χ3n) is 6.80. The van der Waals surface area contributed by atoms with Gasteiger partial charge in [-0.1, -0.05) is 17.0 Å². The van der Waals surface area contributed by atoms with E-state index in [9.17, 15) is 14.7 Å². The van der Waals surface area contributed by atoms with Crippen LogP contribution in [0.3, 0.4) is 0 Å². The van der Waals surface area contributed by atoms with Gasteiger partial charge in [-0.3, -0.25) is 9.59 Å². The van der Waals surface area contributed by atoms with Gasteiger partial charge in [-0.15, -0.1) is 0 Å². The van der Waals surface area contributed by atoms with E-state index in [2.05, 4.69) is 22.0 Å². The number of benzene rings is 2. The summed E-state index contributed by atoms with van der Waals surface area (Å²) in [5.41, 5.74) is 3.78. The van der Waals surface area contributed by atoms with Crippen LogP contribution in [0.2, 0.25) is 0 Å². The monoisotopic (exact) mass is 524 g/mol. The van der Waals surface area contributed by atoms with Crippen molar-refractivity contribution in [2.24, 2.45) is 5.92 Å². The number of aliphatic carboxylic acids is 1. The van der Waals surface area contributed by atoms with Gasteiger partial charge in [0, 0.05) is 53.8 Å². The van der Waals surface area contributed by atoms with Crippen LogP contribution in [0.25, 0.3) is 11.3 Å². The number of nitrogens with zero attached hydrogens (tertiary/aromatic N) is 4. The Morgan fingerprint density at radius 3 is 2.31 bits per heavy atom. The zero-order valence-electron chi connectivity index (χ0n) is 21.4. The largest absolute Gasteiger partial charge is 0.481 e. The molecular formula is C30H28N4O5. The first-order valence-corrected chi connectivity index (χ1v) is 12.8. The molecule has 0 spiro atoms. The molecule has 1 atom stereocenters. The second-order valence-corrected chi connectivity index (χ2v) is 9.58. The summed E-state index contributed by atoms with van der Waals surface area (Å²) in [5.74, 6) is 6.22. The number of rotatable bonds is 6. The van der Waals surface area contributed by atoms with Crippen molar-refractivity contribution >= 4 is 11.9 Å². The maximum absolute atomic E-state index is 12.8. The normalized spacial score (nSPS) is 14.5. The molecule has 198 valence electrons. The van der Waals surface area contributed by atoms with E-state index in [1.54, 1.807) is 36.4 Å². The van der Waals surface area contributed by atoms with E-state index in [1.165, 1.54) is 0 Å². The number of amides is 1. The number of hydrogen-bond donors (Lipinski definition) is 2. The number of carbonyl (C=O) groups is 2. The number of imidazole rings is 1. The van der Waals surface area contributed by atoms with Gasteiger partial charge in [0.25, 0.3) is 5.91 Å². The number of aliphatic hydroxyl groups is 1. The summed E-state index contributed by atoms with van der Waals surface area (Å²) in [6.45, 7) is 3.03. The molecule has 0 unspecified atom stereocenters. The van der Waals surface area contributed by atoms with Gasteiger partial charge in [0.05, 0.1) is 12.5 Å². The third kappa shape index (κ3) is 6.08. The van der Waals surface area contributed by atoms with Crippen molar-refractivity contribution in [2.75, 3.05) is 13.1 Å². The second-order valence-electron chi connectivity index (χ2n) is 9.58. The summed E-state index contributed by atoms with van der Waals surface area (Å²) >= 11 is 0. The number of carboxylic acid groups (broad SMARTS) is 1. The first-order valence-electron chi connectivity index (χ1n) is 12.8. The summed E-state index contributed by atoms with van der Waals surface area (Å²) in [7, 11) is 0. The van der Waals surface area contributed by atoms with Gasteiger partial charge in [0.15, 0.2) is 5.76 Å². The number of hydrogen-bond acceptors (Lipinski definition) is 6. The van der Waals surface area contributed by atoms with Gasteiger partial charge in [0.2, 0.25) is 0 Å². The zero-order valence-corrected chi connectivity index (χ0v) is 21.4. The van der Waals surface area contributed by atoms with Gasteiger partial charge in [-0.25, -0.2) is 4.98 Å². The molecule has 3 heterocycles. The SMILES string of the molecule is C[C@H](O)c1nccn1Cc1cc(-c2ccc(C#Cc3ccc(C(=O)N4CCC(C(=O)O)CC4)cc3)cc2)on1. The first kappa shape index (κ1) is 25.9. The van der Waals surface area contributed by atoms with Crippen LogP contribution in [-0.2, 0) is 11.3 Å². The molecule has 9 nitrogen and oxygen atoms in total. The van der Waals surface area contributed by atoms with Crippen LogP contribution in [0, 0.1) is 17.8 Å². The third-order valence-corrected chi connectivity index (χ3v) is 6.80. The lowest BCUT2D eigenvalue weighted by Crippen LogP contribution is -2.40. The van der Waals surface area contributed by atoms with Crippen LogP contribution in [-0.4, -0.2) is 54.8 Å². The molecule has 0 saturated carbocycles. The lowest BCUT2D eigenvalue weighted by Gasteiger charge is -2.30. The van der Waals surface area contributed by atoms with E-state index in [1.807, 2.05) is 47.0 Å². The number of piperidine rings is 1. The molecule has 5 rings (SSSR count). The molecule has 0 radical (unpaired) electrons. The molecule has 2 aromatic carbocycles. The Balaban J connectivity index is 1.19. The highest BCUT2D eigenvalue weighted by Crippen LogP contribution is 2.22. The Morgan fingerprint density at radius 1 is 1.05 bits per heavy atom. The first-order chi connectivity index (χ1) is 18.9. The number of aromatic nitrogens is 3. The number of carboxylic acids is 1. The second kappa shape index (κ2) is 11.4. The topological polar surface area (TPSA) is 122 Å². The Hall–Kier alpha value is -4.68. The summed E-state index contributed by atoms with van der Waals surface area (Å²) in [6, 6.07) is 16.7. The molecular weight excluding hydrogens is 496 g/mol. The standard InChI is InChI=1S/C30H28N4O5/c1-20(35)28-31-14-17-34(28)19-26-18-27(39-32-26)23-8-4-21(5-9-23)2-3-22-6-10-24(11-7-22)29(36)33-15-12-25(13-16-33)30(37)38/h4-11,14,17-18,20,25,35H,12-13,15-16,19H2,1H3,(H,37,38)/t20-/m0/s1. The molecule has 9 heteroatoms. The van der Waals surface area contributed by atoms with Gasteiger partial charge in [0.1, 0.15) is 17.6 Å². The molecule has 1 saturated heterocycles. The minimum absolute atomic E-state index is 0.0852. The highest BCUT2D eigenvalue weighted by molar-refractivity contribution is 5.94. The van der Waals surface area contributed by atoms with E-state index >= 15 is 0 Å². The van der Waals surface area contributed by atoms with E-state index in [0.717, 1.165) is 22.4 Å². The predicted molar refractivity (Wildman–Crippen MR) is 143 cm³/mol. The Labute approximate surface area is 225 Å². The van der Waals surface area contributed by atoms with Crippen molar-refractivity contribution in [1.82, 2.24) is 19.6 Å². The van der Waals surface area contributed by atoms with Crippen LogP contribution >= 0.6 is 0 Å². The molecule has 39 heavy (non-hydrogen) atoms. The van der Waals surface area contributed by atoms with E-state index in [0.29, 0.717) is 49.6 Å². The van der Waals surface area contributed by atoms with E-state index in [4.69, 9.17) is 9.63 Å². The molecule has 1 amide bonds. The fraction of sp³-hybridized carbons (Fsp3) is 0.267. The van der Waals surface area contributed by atoms with Crippen LogP contribution < -0.4 is 0 Å². The Morgan fingerprint density at radius 2 is 1.69 bits per heavy atom. The van der Waals surface area contributed by atoms with Crippen molar-refractivity contribution in [3.63, 3.8) is 0 Å². The fourth-order valence-corrected chi connectivity index (χ4v) is 4.59. The maximum atomic E-state index is 12.8. The van der Waals surface area contributed by atoms with Crippen molar-refractivity contribution in [2.45, 2.75) is 32.4 Å². The highest BCUT2D eigenvalue weighted by Gasteiger charge is 2.27. The quantitative estimate of drug-likeness (QED) is 0.366. The number of likely N-dealkylation sites (tertiary alicyclic amines) is 1. The van der Waals surface area contributed by atoms with Crippen molar-refractivity contribution in [3.8, 4) is 23.2 Å². The van der Waals surface area contributed by atoms with Gasteiger partial charge in [-0.2, -0.15) is 0 Å². The van der Waals surface area contributed by atoms with Crippen LogP contribution in [0.5, 0.6) is 0 Å². The van der Waals surface area contributed by atoms with E-state index in [-0.39, 0.29) is 11.8 Å².